The van der Waals surface area contributed by atoms with E-state index in [9.17, 15) is 0 Å². The number of nitrogen functional groups attached to an aromatic ring is 1. The number of anilines is 3. The van der Waals surface area contributed by atoms with Crippen molar-refractivity contribution in [1.29, 1.82) is 5.26 Å². The molecular formula is C19H17ClN6O. The molecular weight excluding hydrogens is 364 g/mol. The van der Waals surface area contributed by atoms with E-state index in [-0.39, 0.29) is 12.6 Å². The van der Waals surface area contributed by atoms with Gasteiger partial charge in [0.25, 0.3) is 0 Å². The molecule has 0 saturated heterocycles. The number of para-hydroxylation sites is 1. The van der Waals surface area contributed by atoms with Crippen molar-refractivity contribution >= 4 is 29.2 Å². The number of rotatable bonds is 6. The van der Waals surface area contributed by atoms with Crippen LogP contribution in [0.5, 0.6) is 5.75 Å². The second-order valence-electron chi connectivity index (χ2n) is 5.61. The van der Waals surface area contributed by atoms with Gasteiger partial charge in [0.2, 0.25) is 11.9 Å². The maximum absolute atomic E-state index is 8.88. The van der Waals surface area contributed by atoms with Crippen molar-refractivity contribution in [2.24, 2.45) is 0 Å². The van der Waals surface area contributed by atoms with Gasteiger partial charge >= 0.3 is 0 Å². The first-order valence-electron chi connectivity index (χ1n) is 8.27. The van der Waals surface area contributed by atoms with E-state index in [0.717, 1.165) is 17.7 Å². The summed E-state index contributed by atoms with van der Waals surface area (Å²) in [5, 5.41) is 12.4. The van der Waals surface area contributed by atoms with Gasteiger partial charge in [0, 0.05) is 5.69 Å². The number of nitrogens with two attached hydrogens (primary N) is 1. The van der Waals surface area contributed by atoms with Gasteiger partial charge in [0.15, 0.2) is 5.82 Å². The Morgan fingerprint density at radius 1 is 1.19 bits per heavy atom. The van der Waals surface area contributed by atoms with Gasteiger partial charge in [0.05, 0.1) is 16.7 Å². The minimum atomic E-state index is 0.0580. The van der Waals surface area contributed by atoms with Crippen LogP contribution in [-0.4, -0.2) is 15.0 Å². The van der Waals surface area contributed by atoms with Crippen molar-refractivity contribution in [2.45, 2.75) is 20.0 Å². The van der Waals surface area contributed by atoms with Crippen LogP contribution in [0, 0.1) is 11.3 Å². The number of halogens is 1. The molecule has 0 unspecified atom stereocenters. The quantitative estimate of drug-likeness (QED) is 0.667. The third-order valence-electron chi connectivity index (χ3n) is 3.76. The van der Waals surface area contributed by atoms with E-state index >= 15 is 0 Å². The molecule has 0 bridgehead atoms. The zero-order valence-corrected chi connectivity index (χ0v) is 15.4. The van der Waals surface area contributed by atoms with Gasteiger partial charge in [-0.15, -0.1) is 0 Å². The summed E-state index contributed by atoms with van der Waals surface area (Å²) in [6.45, 7) is 2.13. The van der Waals surface area contributed by atoms with E-state index in [1.54, 1.807) is 12.1 Å². The monoisotopic (exact) mass is 380 g/mol. The van der Waals surface area contributed by atoms with Gasteiger partial charge in [-0.05, 0) is 36.2 Å². The van der Waals surface area contributed by atoms with Crippen molar-refractivity contribution < 1.29 is 4.74 Å². The highest BCUT2D eigenvalue weighted by Crippen LogP contribution is 2.26. The number of nitrogens with zero attached hydrogens (tertiary/aromatic N) is 4. The molecule has 1 aromatic heterocycles. The summed E-state index contributed by atoms with van der Waals surface area (Å²) >= 11 is 6.11. The highest BCUT2D eigenvalue weighted by molar-refractivity contribution is 6.32. The summed E-state index contributed by atoms with van der Waals surface area (Å²) in [4.78, 5) is 12.6. The fraction of sp³-hybridized carbons (Fsp3) is 0.158. The molecule has 0 radical (unpaired) electrons. The van der Waals surface area contributed by atoms with E-state index in [1.165, 1.54) is 6.07 Å². The first-order valence-corrected chi connectivity index (χ1v) is 8.64. The van der Waals surface area contributed by atoms with Gasteiger partial charge in [0.1, 0.15) is 12.4 Å². The average molecular weight is 381 g/mol. The topological polar surface area (TPSA) is 110 Å². The second-order valence-corrected chi connectivity index (χ2v) is 6.02. The van der Waals surface area contributed by atoms with E-state index in [4.69, 9.17) is 27.3 Å². The number of ether oxygens (including phenoxy) is 1. The SMILES string of the molecule is CCc1ccccc1Nc1nc(N)nc(COc2ccc(C#N)cc2Cl)n1. The van der Waals surface area contributed by atoms with Crippen LogP contribution >= 0.6 is 11.6 Å². The maximum Gasteiger partial charge on any atom is 0.232 e. The fourth-order valence-corrected chi connectivity index (χ4v) is 2.69. The number of hydrogen-bond donors (Lipinski definition) is 2. The first-order chi connectivity index (χ1) is 13.1. The molecule has 3 aromatic rings. The van der Waals surface area contributed by atoms with Crippen molar-refractivity contribution in [3.63, 3.8) is 0 Å². The Balaban J connectivity index is 1.76. The van der Waals surface area contributed by atoms with E-state index in [2.05, 4.69) is 27.2 Å². The van der Waals surface area contributed by atoms with Crippen LogP contribution < -0.4 is 15.8 Å². The third-order valence-corrected chi connectivity index (χ3v) is 4.06. The summed E-state index contributed by atoms with van der Waals surface area (Å²) in [6, 6.07) is 14.7. The minimum absolute atomic E-state index is 0.0580. The van der Waals surface area contributed by atoms with Gasteiger partial charge in [-0.3, -0.25) is 0 Å². The lowest BCUT2D eigenvalue weighted by Crippen LogP contribution is -2.10. The molecule has 1 heterocycles. The molecule has 3 N–H and O–H groups in total. The Morgan fingerprint density at radius 2 is 2.00 bits per heavy atom. The smallest absolute Gasteiger partial charge is 0.232 e. The number of hydrogen-bond acceptors (Lipinski definition) is 7. The second kappa shape index (κ2) is 8.34. The summed E-state index contributed by atoms with van der Waals surface area (Å²) in [5.74, 6) is 1.22. The van der Waals surface area contributed by atoms with Gasteiger partial charge in [-0.25, -0.2) is 0 Å². The van der Waals surface area contributed by atoms with E-state index < -0.39 is 0 Å². The molecule has 0 aliphatic rings. The van der Waals surface area contributed by atoms with Crippen LogP contribution in [0.25, 0.3) is 0 Å². The number of nitrogens with one attached hydrogen (secondary N) is 1. The molecule has 0 aliphatic heterocycles. The molecule has 136 valence electrons. The highest BCUT2D eigenvalue weighted by atomic mass is 35.5. The minimum Gasteiger partial charge on any atom is -0.484 e. The lowest BCUT2D eigenvalue weighted by molar-refractivity contribution is 0.296. The Kier molecular flexibility index (Phi) is 5.69. The zero-order chi connectivity index (χ0) is 19.2. The number of aryl methyl sites for hydroxylation is 1. The summed E-state index contributed by atoms with van der Waals surface area (Å²) in [7, 11) is 0. The summed E-state index contributed by atoms with van der Waals surface area (Å²) < 4.78 is 5.65. The number of nitriles is 1. The molecule has 3 rings (SSSR count). The Hall–Kier alpha value is -3.37. The standard InChI is InChI=1S/C19H17ClN6O/c1-2-13-5-3-4-6-15(13)23-19-25-17(24-18(22)26-19)11-27-16-8-7-12(10-21)9-14(16)20/h3-9H,2,11H2,1H3,(H3,22,23,24,25,26). The van der Waals surface area contributed by atoms with Crippen LogP contribution in [0.1, 0.15) is 23.9 Å². The predicted octanol–water partition coefficient (Wildman–Crippen LogP) is 3.86. The van der Waals surface area contributed by atoms with E-state index in [0.29, 0.717) is 28.1 Å². The molecule has 8 heteroatoms. The molecule has 7 nitrogen and oxygen atoms in total. The molecule has 27 heavy (non-hydrogen) atoms. The third kappa shape index (κ3) is 4.63. The summed E-state index contributed by atoms with van der Waals surface area (Å²) in [6.07, 6.45) is 0.872. The molecule has 0 amide bonds. The first kappa shape index (κ1) is 18.4. The lowest BCUT2D eigenvalue weighted by atomic mass is 10.1. The Labute approximate surface area is 161 Å². The Morgan fingerprint density at radius 3 is 2.74 bits per heavy atom. The van der Waals surface area contributed by atoms with Crippen LogP contribution in [0.3, 0.4) is 0 Å². The predicted molar refractivity (Wildman–Crippen MR) is 104 cm³/mol. The maximum atomic E-state index is 8.88. The molecule has 0 saturated carbocycles. The van der Waals surface area contributed by atoms with Crippen LogP contribution in [0.2, 0.25) is 5.02 Å². The largest absolute Gasteiger partial charge is 0.484 e. The normalized spacial score (nSPS) is 10.3. The van der Waals surface area contributed by atoms with Crippen molar-refractivity contribution in [3.05, 3.63) is 64.4 Å². The number of benzene rings is 2. The van der Waals surface area contributed by atoms with Crippen LogP contribution in [0.4, 0.5) is 17.6 Å². The van der Waals surface area contributed by atoms with Gasteiger partial charge < -0.3 is 15.8 Å². The van der Waals surface area contributed by atoms with Crippen molar-refractivity contribution in [1.82, 2.24) is 15.0 Å². The van der Waals surface area contributed by atoms with Crippen molar-refractivity contribution in [2.75, 3.05) is 11.1 Å². The van der Waals surface area contributed by atoms with Crippen LogP contribution in [0.15, 0.2) is 42.5 Å². The zero-order valence-electron chi connectivity index (χ0n) is 14.6. The van der Waals surface area contributed by atoms with Crippen molar-refractivity contribution in [3.8, 4) is 11.8 Å². The van der Waals surface area contributed by atoms with E-state index in [1.807, 2.05) is 30.3 Å². The van der Waals surface area contributed by atoms with Gasteiger partial charge in [-0.2, -0.15) is 20.2 Å². The Bertz CT molecular complexity index is 1000. The molecule has 0 atom stereocenters. The number of aromatic nitrogens is 3. The molecule has 0 fully saturated rings. The van der Waals surface area contributed by atoms with Gasteiger partial charge in [-0.1, -0.05) is 36.7 Å². The summed E-state index contributed by atoms with van der Waals surface area (Å²) in [5.41, 5.74) is 8.30. The molecule has 0 aliphatic carbocycles. The van der Waals surface area contributed by atoms with Crippen LogP contribution in [-0.2, 0) is 13.0 Å². The average Bonchev–Trinajstić information content (AvgIpc) is 2.67. The lowest BCUT2D eigenvalue weighted by Gasteiger charge is -2.11. The highest BCUT2D eigenvalue weighted by Gasteiger charge is 2.09. The fourth-order valence-electron chi connectivity index (χ4n) is 2.46. The molecule has 2 aromatic carbocycles. The molecule has 0 spiro atoms.